The Morgan fingerprint density at radius 2 is 1.31 bits per heavy atom. The summed E-state index contributed by atoms with van der Waals surface area (Å²) in [6, 6.07) is 16.6. The van der Waals surface area contributed by atoms with Crippen LogP contribution in [0.25, 0.3) is 0 Å². The van der Waals surface area contributed by atoms with E-state index in [-0.39, 0.29) is 24.1 Å². The fourth-order valence-electron chi connectivity index (χ4n) is 7.18. The highest BCUT2D eigenvalue weighted by molar-refractivity contribution is 7.89. The van der Waals surface area contributed by atoms with Gasteiger partial charge in [-0.1, -0.05) is 44.0 Å². The number of rotatable bonds is 9. The molecule has 0 radical (unpaired) electrons. The van der Waals surface area contributed by atoms with Crippen LogP contribution in [0.15, 0.2) is 71.6 Å². The van der Waals surface area contributed by atoms with Crippen molar-refractivity contribution >= 4 is 25.9 Å². The third kappa shape index (κ3) is 9.82. The Morgan fingerprint density at radius 3 is 1.94 bits per heavy atom. The SMILES string of the molecule is C=C1CN(S(=O)(=O)c2ccc(N(C)C)cc2)CCCN(CC2CCCCC2)CCCN(S(=O)(=O)N2CCC(Oc3ccccc3)CC2)C1. The molecule has 48 heavy (non-hydrogen) atoms. The lowest BCUT2D eigenvalue weighted by Gasteiger charge is -2.36. The van der Waals surface area contributed by atoms with Crippen molar-refractivity contribution in [2.45, 2.75) is 68.8 Å². The Morgan fingerprint density at radius 1 is 0.708 bits per heavy atom. The van der Waals surface area contributed by atoms with Crippen molar-refractivity contribution < 1.29 is 21.6 Å². The van der Waals surface area contributed by atoms with Crippen LogP contribution in [0.1, 0.15) is 57.8 Å². The molecule has 1 saturated carbocycles. The van der Waals surface area contributed by atoms with Gasteiger partial charge in [-0.05, 0) is 99.5 Å². The fraction of sp³-hybridized carbons (Fsp3) is 0.611. The molecule has 0 amide bonds. The molecule has 1 aliphatic carbocycles. The molecule has 5 rings (SSSR count). The van der Waals surface area contributed by atoms with Gasteiger partial charge in [0, 0.05) is 65.6 Å². The van der Waals surface area contributed by atoms with Crippen molar-refractivity contribution in [2.75, 3.05) is 77.9 Å². The minimum Gasteiger partial charge on any atom is -0.490 e. The number of ether oxygens (including phenoxy) is 1. The highest BCUT2D eigenvalue weighted by atomic mass is 32.2. The van der Waals surface area contributed by atoms with Gasteiger partial charge in [0.15, 0.2) is 0 Å². The molecule has 2 aliphatic heterocycles. The van der Waals surface area contributed by atoms with Crippen LogP contribution in [-0.4, -0.2) is 114 Å². The van der Waals surface area contributed by atoms with E-state index in [1.807, 2.05) is 61.5 Å². The summed E-state index contributed by atoms with van der Waals surface area (Å²) < 4.78 is 67.1. The summed E-state index contributed by atoms with van der Waals surface area (Å²) in [6.45, 7) is 8.37. The summed E-state index contributed by atoms with van der Waals surface area (Å²) >= 11 is 0. The largest absolute Gasteiger partial charge is 0.490 e. The first kappa shape index (κ1) is 36.8. The van der Waals surface area contributed by atoms with Gasteiger partial charge in [0.1, 0.15) is 11.9 Å². The van der Waals surface area contributed by atoms with E-state index >= 15 is 0 Å². The Hall–Kier alpha value is -2.48. The number of nitrogens with zero attached hydrogens (tertiary/aromatic N) is 5. The van der Waals surface area contributed by atoms with E-state index in [2.05, 4.69) is 11.5 Å². The molecule has 0 bridgehead atoms. The number of benzene rings is 2. The lowest BCUT2D eigenvalue weighted by molar-refractivity contribution is 0.131. The predicted molar refractivity (Wildman–Crippen MR) is 193 cm³/mol. The molecule has 12 heteroatoms. The van der Waals surface area contributed by atoms with E-state index in [0.717, 1.165) is 31.1 Å². The minimum absolute atomic E-state index is 0.0426. The number of sulfonamides is 1. The average Bonchev–Trinajstić information content (AvgIpc) is 3.07. The van der Waals surface area contributed by atoms with Crippen molar-refractivity contribution in [3.8, 4) is 5.75 Å². The zero-order chi connectivity index (χ0) is 34.1. The summed E-state index contributed by atoms with van der Waals surface area (Å²) in [6.07, 6.45) is 8.87. The molecule has 2 saturated heterocycles. The van der Waals surface area contributed by atoms with Crippen molar-refractivity contribution in [2.24, 2.45) is 5.92 Å². The number of anilines is 1. The van der Waals surface area contributed by atoms with Gasteiger partial charge in [0.05, 0.1) is 4.90 Å². The first-order valence-corrected chi connectivity index (χ1v) is 20.5. The maximum Gasteiger partial charge on any atom is 0.282 e. The molecular weight excluding hydrogens is 647 g/mol. The molecule has 2 heterocycles. The van der Waals surface area contributed by atoms with Gasteiger partial charge in [0.2, 0.25) is 10.0 Å². The lowest BCUT2D eigenvalue weighted by Crippen LogP contribution is -2.50. The topological polar surface area (TPSA) is 93.7 Å². The van der Waals surface area contributed by atoms with Crippen molar-refractivity contribution in [3.63, 3.8) is 0 Å². The Bertz CT molecular complexity index is 1520. The van der Waals surface area contributed by atoms with Gasteiger partial charge in [-0.15, -0.1) is 0 Å². The number of hydrogen-bond acceptors (Lipinski definition) is 7. The Kier molecular flexibility index (Phi) is 13.0. The zero-order valence-corrected chi connectivity index (χ0v) is 30.5. The maximum atomic E-state index is 14.2. The van der Waals surface area contributed by atoms with Crippen LogP contribution in [0.3, 0.4) is 0 Å². The third-order valence-electron chi connectivity index (χ3n) is 9.90. The summed E-state index contributed by atoms with van der Waals surface area (Å²) in [7, 11) is -3.80. The number of hydrogen-bond donors (Lipinski definition) is 0. The van der Waals surface area contributed by atoms with Gasteiger partial charge < -0.3 is 14.5 Å². The molecule has 0 unspecified atom stereocenters. The number of para-hydroxylation sites is 1. The van der Waals surface area contributed by atoms with Gasteiger partial charge in [-0.2, -0.15) is 21.3 Å². The smallest absolute Gasteiger partial charge is 0.282 e. The molecule has 3 fully saturated rings. The van der Waals surface area contributed by atoms with Crippen LogP contribution in [0, 0.1) is 5.92 Å². The highest BCUT2D eigenvalue weighted by Gasteiger charge is 2.35. The van der Waals surface area contributed by atoms with Crippen molar-refractivity contribution in [1.29, 1.82) is 0 Å². The fourth-order valence-corrected chi connectivity index (χ4v) is 10.4. The molecule has 2 aromatic rings. The van der Waals surface area contributed by atoms with Gasteiger partial charge in [-0.25, -0.2) is 8.42 Å². The van der Waals surface area contributed by atoms with E-state index in [1.165, 1.54) is 40.7 Å². The second kappa shape index (κ2) is 17.0. The molecule has 10 nitrogen and oxygen atoms in total. The quantitative estimate of drug-likeness (QED) is 0.338. The second-order valence-corrected chi connectivity index (χ2v) is 17.7. The molecule has 0 aromatic heterocycles. The Labute approximate surface area is 289 Å². The van der Waals surface area contributed by atoms with E-state index in [1.54, 1.807) is 16.4 Å². The summed E-state index contributed by atoms with van der Waals surface area (Å²) in [5.74, 6) is 1.44. The van der Waals surface area contributed by atoms with E-state index in [9.17, 15) is 16.8 Å². The predicted octanol–water partition coefficient (Wildman–Crippen LogP) is 5.07. The normalized spacial score (nSPS) is 21.8. The second-order valence-electron chi connectivity index (χ2n) is 13.9. The first-order chi connectivity index (χ1) is 23.0. The van der Waals surface area contributed by atoms with E-state index in [0.29, 0.717) is 63.4 Å². The summed E-state index contributed by atoms with van der Waals surface area (Å²) in [5.41, 5.74) is 1.48. The van der Waals surface area contributed by atoms with Crippen LogP contribution in [0.2, 0.25) is 0 Å². The van der Waals surface area contributed by atoms with Crippen LogP contribution in [-0.2, 0) is 20.2 Å². The monoisotopic (exact) mass is 701 g/mol. The molecular formula is C36H55N5O5S2. The lowest BCUT2D eigenvalue weighted by atomic mass is 9.89. The molecule has 0 N–H and O–H groups in total. The van der Waals surface area contributed by atoms with Crippen LogP contribution in [0.5, 0.6) is 5.75 Å². The van der Waals surface area contributed by atoms with Gasteiger partial charge >= 0.3 is 0 Å². The summed E-state index contributed by atoms with van der Waals surface area (Å²) in [4.78, 5) is 4.61. The zero-order valence-electron chi connectivity index (χ0n) is 28.9. The van der Waals surface area contributed by atoms with Crippen molar-refractivity contribution in [3.05, 3.63) is 66.7 Å². The van der Waals surface area contributed by atoms with Crippen LogP contribution >= 0.6 is 0 Å². The van der Waals surface area contributed by atoms with Crippen molar-refractivity contribution in [1.82, 2.24) is 17.8 Å². The van der Waals surface area contributed by atoms with Gasteiger partial charge in [-0.3, -0.25) is 0 Å². The maximum absolute atomic E-state index is 14.2. The third-order valence-corrected chi connectivity index (χ3v) is 13.7. The van der Waals surface area contributed by atoms with Crippen LogP contribution < -0.4 is 9.64 Å². The average molecular weight is 702 g/mol. The molecule has 2 aromatic carbocycles. The van der Waals surface area contributed by atoms with Crippen LogP contribution in [0.4, 0.5) is 5.69 Å². The molecule has 266 valence electrons. The Balaban J connectivity index is 1.32. The standard InChI is InChI=1S/C36H55N5O5S2/c1-31-28-40(47(42,43)36-18-16-33(17-19-36)37(2)3)24-10-22-38(30-32-12-6-4-7-13-32)23-11-25-41(29-31)48(44,45)39-26-20-35(21-27-39)46-34-14-8-5-9-15-34/h5,8-9,14-19,32,35H,1,4,6-7,10-13,20-30H2,2-3H3. The number of piperidine rings is 1. The minimum atomic E-state index is -3.83. The van der Waals surface area contributed by atoms with E-state index < -0.39 is 20.2 Å². The first-order valence-electron chi connectivity index (χ1n) is 17.7. The molecule has 0 atom stereocenters. The highest BCUT2D eigenvalue weighted by Crippen LogP contribution is 2.27. The molecule has 3 aliphatic rings. The van der Waals surface area contributed by atoms with E-state index in [4.69, 9.17) is 4.74 Å². The van der Waals surface area contributed by atoms with Gasteiger partial charge in [0.25, 0.3) is 10.2 Å². The molecule has 0 spiro atoms. The summed E-state index contributed by atoms with van der Waals surface area (Å²) in [5, 5.41) is 0.